The molecule has 3 saturated carbocycles. The van der Waals surface area contributed by atoms with Crippen molar-refractivity contribution in [1.82, 2.24) is 4.90 Å². The first-order chi connectivity index (χ1) is 21.4. The summed E-state index contributed by atoms with van der Waals surface area (Å²) in [4.78, 5) is 30.5. The quantitative estimate of drug-likeness (QED) is 0.416. The van der Waals surface area contributed by atoms with Crippen molar-refractivity contribution in [3.8, 4) is 5.75 Å². The number of Topliss-reactive ketones (excluding diaryl/α,β-unsaturated/α-hetero) is 1. The number of halogens is 1. The third-order valence-corrected chi connectivity index (χ3v) is 13.1. The summed E-state index contributed by atoms with van der Waals surface area (Å²) >= 11 is 0. The first kappa shape index (κ1) is 32.9. The maximum absolute atomic E-state index is 15.9. The van der Waals surface area contributed by atoms with Gasteiger partial charge in [-0.1, -0.05) is 33.8 Å². The van der Waals surface area contributed by atoms with E-state index in [-0.39, 0.29) is 52.9 Å². The Balaban J connectivity index is 1.46. The van der Waals surface area contributed by atoms with E-state index in [0.717, 1.165) is 38.8 Å². The number of methoxy groups -OCH3 is 1. The number of rotatable bonds is 8. The summed E-state index contributed by atoms with van der Waals surface area (Å²) in [7, 11) is 0.284. The van der Waals surface area contributed by atoms with Crippen LogP contribution in [-0.4, -0.2) is 86.1 Å². The smallest absolute Gasteiger partial charge is 0.478 e. The van der Waals surface area contributed by atoms with Gasteiger partial charge in [0.1, 0.15) is 5.78 Å². The molecule has 1 saturated heterocycles. The van der Waals surface area contributed by atoms with Gasteiger partial charge in [-0.2, -0.15) is 0 Å². The molecule has 11 heteroatoms. The fourth-order valence-electron chi connectivity index (χ4n) is 10.3. The predicted molar refractivity (Wildman–Crippen MR) is 166 cm³/mol. The largest absolute Gasteiger partial charge is 0.494 e. The number of carboxylic acid groups (broad SMARTS) is 1. The number of carbonyl (C=O) groups excluding carboxylic acids is 1. The van der Waals surface area contributed by atoms with Crippen LogP contribution in [0.25, 0.3) is 0 Å². The van der Waals surface area contributed by atoms with Crippen molar-refractivity contribution in [3.05, 3.63) is 23.5 Å². The molecule has 2 aliphatic heterocycles. The zero-order valence-corrected chi connectivity index (χ0v) is 27.4. The predicted octanol–water partition coefficient (Wildman–Crippen LogP) is 3.68. The Hall–Kier alpha value is -2.05. The maximum Gasteiger partial charge on any atom is 0.494 e. The third-order valence-electron chi connectivity index (χ3n) is 13.1. The average Bonchev–Trinajstić information content (AvgIpc) is 3.62. The normalized spacial score (nSPS) is 39.1. The molecule has 5 aliphatic rings. The van der Waals surface area contributed by atoms with Gasteiger partial charge in [0.15, 0.2) is 17.7 Å². The van der Waals surface area contributed by atoms with Gasteiger partial charge in [0, 0.05) is 42.9 Å². The lowest BCUT2D eigenvalue weighted by Gasteiger charge is -2.63. The molecule has 9 atom stereocenters. The Kier molecular flexibility index (Phi) is 8.91. The summed E-state index contributed by atoms with van der Waals surface area (Å²) in [5, 5.41) is 21.2. The van der Waals surface area contributed by atoms with Gasteiger partial charge in [0.05, 0.1) is 25.9 Å². The molecule has 1 aromatic carbocycles. The van der Waals surface area contributed by atoms with Gasteiger partial charge in [-0.15, -0.1) is 0 Å². The molecule has 0 aromatic heterocycles. The number of ether oxygens (including phenoxy) is 3. The molecule has 248 valence electrons. The lowest BCUT2D eigenvalue weighted by molar-refractivity contribution is -0.194. The van der Waals surface area contributed by atoms with E-state index in [9.17, 15) is 19.7 Å². The lowest BCUT2D eigenvalue weighted by Crippen LogP contribution is -2.63. The minimum Gasteiger partial charge on any atom is -0.478 e. The highest BCUT2D eigenvalue weighted by Crippen LogP contribution is 2.70. The number of morpholine rings is 1. The molecule has 2 N–H and O–H groups in total. The number of nitrogens with zero attached hydrogens (tertiary/aromatic N) is 1. The van der Waals surface area contributed by atoms with Crippen LogP contribution in [0.15, 0.2) is 12.1 Å². The average molecular weight is 630 g/mol. The second-order valence-electron chi connectivity index (χ2n) is 15.0. The van der Waals surface area contributed by atoms with Gasteiger partial charge in [0.25, 0.3) is 0 Å². The van der Waals surface area contributed by atoms with Crippen LogP contribution in [-0.2, 0) is 30.3 Å². The minimum atomic E-state index is -1.44. The van der Waals surface area contributed by atoms with E-state index in [0.29, 0.717) is 38.2 Å². The number of hydrogen-bond acceptors (Lipinski definition) is 8. The first-order valence-corrected chi connectivity index (χ1v) is 16.7. The Morgan fingerprint density at radius 2 is 1.91 bits per heavy atom. The topological polar surface area (TPSA) is 115 Å². The number of ketones is 1. The summed E-state index contributed by atoms with van der Waals surface area (Å²) in [6, 6.07) is 3.05. The molecule has 1 unspecified atom stereocenters. The molecular formula is C34H49BFNO8. The van der Waals surface area contributed by atoms with Crippen molar-refractivity contribution in [2.45, 2.75) is 85.0 Å². The molecule has 0 radical (unpaired) electrons. The molecular weight excluding hydrogens is 580 g/mol. The standard InChI is InChI=1S/C34H49BFNO8/c1-20-8-10-34-11-9-25(42-5)29(34)33(20,4)23(18-32(3,30(38)21(34)2)12-13-37-14-16-43-17-15-37)28(31(39)40)45-24-7-6-22-19-44-35(41)26(22)27(24)36/h6-7,20-21,23,25,28-29,41H,8-19H2,1-5H3,(H,39,40)/t20-,21+,23+,25-,28?,29-,32+,33-,34+/m1/s1. The molecule has 3 aliphatic carbocycles. The van der Waals surface area contributed by atoms with Crippen LogP contribution in [0.3, 0.4) is 0 Å². The van der Waals surface area contributed by atoms with Gasteiger partial charge < -0.3 is 29.0 Å². The van der Waals surface area contributed by atoms with Crippen molar-refractivity contribution >= 4 is 24.3 Å². The fourth-order valence-corrected chi connectivity index (χ4v) is 10.3. The maximum atomic E-state index is 15.9. The SMILES string of the molecule is CO[C@@H]1CC[C@@]23CC[C@@H](C)[C@](C)([C@H](C(Oc4ccc5c(c4F)B(O)OC5)C(=O)O)C[C@](C)(CCN4CCOCC4)C(=O)[C@@H]2C)[C@@H]13. The summed E-state index contributed by atoms with van der Waals surface area (Å²) in [5.74, 6) is -2.80. The molecule has 0 spiro atoms. The van der Waals surface area contributed by atoms with Crippen molar-refractivity contribution in [2.24, 2.45) is 39.9 Å². The van der Waals surface area contributed by atoms with Gasteiger partial charge in [0.2, 0.25) is 0 Å². The molecule has 0 amide bonds. The Morgan fingerprint density at radius 1 is 1.20 bits per heavy atom. The van der Waals surface area contributed by atoms with Gasteiger partial charge >= 0.3 is 13.1 Å². The Bertz CT molecular complexity index is 1310. The van der Waals surface area contributed by atoms with Crippen molar-refractivity contribution < 1.29 is 43.0 Å². The summed E-state index contributed by atoms with van der Waals surface area (Å²) in [6.07, 6.45) is 2.78. The van der Waals surface area contributed by atoms with Crippen LogP contribution >= 0.6 is 0 Å². The van der Waals surface area contributed by atoms with E-state index in [1.807, 2.05) is 6.92 Å². The molecule has 4 fully saturated rings. The zero-order valence-electron chi connectivity index (χ0n) is 27.4. The monoisotopic (exact) mass is 629 g/mol. The van der Waals surface area contributed by atoms with Crippen LogP contribution in [0.2, 0.25) is 0 Å². The Morgan fingerprint density at radius 3 is 2.60 bits per heavy atom. The molecule has 1 aromatic rings. The van der Waals surface area contributed by atoms with E-state index in [4.69, 9.17) is 18.9 Å². The molecule has 2 bridgehead atoms. The van der Waals surface area contributed by atoms with Gasteiger partial charge in [-0.25, -0.2) is 9.18 Å². The molecule has 9 nitrogen and oxygen atoms in total. The van der Waals surface area contributed by atoms with E-state index >= 15 is 4.39 Å². The second-order valence-corrected chi connectivity index (χ2v) is 15.0. The van der Waals surface area contributed by atoms with Crippen LogP contribution in [0, 0.1) is 45.7 Å². The van der Waals surface area contributed by atoms with Crippen LogP contribution < -0.4 is 10.2 Å². The highest BCUT2D eigenvalue weighted by Gasteiger charge is 2.69. The summed E-state index contributed by atoms with van der Waals surface area (Å²) in [6.45, 7) is 12.2. The van der Waals surface area contributed by atoms with E-state index in [1.54, 1.807) is 13.2 Å². The van der Waals surface area contributed by atoms with Crippen molar-refractivity contribution in [1.29, 1.82) is 0 Å². The Labute approximate surface area is 266 Å². The van der Waals surface area contributed by atoms with Crippen LogP contribution in [0.1, 0.15) is 71.8 Å². The lowest BCUT2D eigenvalue weighted by atomic mass is 9.41. The molecule has 6 rings (SSSR count). The minimum absolute atomic E-state index is 0.0137. The van der Waals surface area contributed by atoms with Gasteiger partial charge in [-0.3, -0.25) is 9.69 Å². The fraction of sp³-hybridized carbons (Fsp3) is 0.765. The summed E-state index contributed by atoms with van der Waals surface area (Å²) in [5.41, 5.74) is -1.22. The van der Waals surface area contributed by atoms with E-state index < -0.39 is 41.8 Å². The summed E-state index contributed by atoms with van der Waals surface area (Å²) < 4.78 is 39.1. The number of carbonyl (C=O) groups is 2. The van der Waals surface area contributed by atoms with Crippen molar-refractivity contribution in [2.75, 3.05) is 40.0 Å². The van der Waals surface area contributed by atoms with E-state index in [2.05, 4.69) is 25.7 Å². The number of benzene rings is 1. The second kappa shape index (κ2) is 12.2. The number of aliphatic carboxylic acids is 1. The van der Waals surface area contributed by atoms with Gasteiger partial charge in [-0.05, 0) is 79.4 Å². The van der Waals surface area contributed by atoms with E-state index in [1.165, 1.54) is 6.07 Å². The number of fused-ring (bicyclic) bond motifs is 1. The highest BCUT2D eigenvalue weighted by atomic mass is 19.1. The highest BCUT2D eigenvalue weighted by molar-refractivity contribution is 6.61. The molecule has 2 heterocycles. The molecule has 45 heavy (non-hydrogen) atoms. The van der Waals surface area contributed by atoms with Crippen LogP contribution in [0.5, 0.6) is 5.75 Å². The van der Waals surface area contributed by atoms with Crippen molar-refractivity contribution in [3.63, 3.8) is 0 Å². The third kappa shape index (κ3) is 5.25. The zero-order chi connectivity index (χ0) is 32.3. The first-order valence-electron chi connectivity index (χ1n) is 16.7. The number of carboxylic acids is 1. The number of hydrogen-bond donors (Lipinski definition) is 2. The van der Waals surface area contributed by atoms with Crippen LogP contribution in [0.4, 0.5) is 4.39 Å².